The lowest BCUT2D eigenvalue weighted by atomic mass is 10.0. The number of aliphatic hydroxyl groups is 1. The number of aromatic nitrogens is 3. The molecule has 9 heteroatoms. The van der Waals surface area contributed by atoms with Crippen LogP contribution < -0.4 is 11.1 Å². The number of nitrogen functional groups attached to an aromatic ring is 1. The molecule has 0 aliphatic carbocycles. The van der Waals surface area contributed by atoms with E-state index in [2.05, 4.69) is 64.9 Å². The van der Waals surface area contributed by atoms with E-state index in [1.807, 2.05) is 18.4 Å². The van der Waals surface area contributed by atoms with Crippen LogP contribution in [0.2, 0.25) is 0 Å². The molecule has 0 amide bonds. The first-order valence-corrected chi connectivity index (χ1v) is 13.5. The van der Waals surface area contributed by atoms with Gasteiger partial charge in [0.15, 0.2) is 17.7 Å². The largest absolute Gasteiger partial charge is 0.397 e. The molecule has 0 saturated carbocycles. The summed E-state index contributed by atoms with van der Waals surface area (Å²) < 4.78 is 20.1. The highest BCUT2D eigenvalue weighted by molar-refractivity contribution is 5.86. The number of fused-ring (bicyclic) bond motifs is 2. The first-order valence-electron chi connectivity index (χ1n) is 13.5. The summed E-state index contributed by atoms with van der Waals surface area (Å²) in [5, 5.41) is 13.3. The first kappa shape index (κ1) is 25.8. The summed E-state index contributed by atoms with van der Waals surface area (Å²) >= 11 is 0. The van der Waals surface area contributed by atoms with Gasteiger partial charge in [0, 0.05) is 12.6 Å². The van der Waals surface area contributed by atoms with Gasteiger partial charge in [-0.05, 0) is 49.8 Å². The van der Waals surface area contributed by atoms with E-state index >= 15 is 0 Å². The standard InChI is InChI=1S/C30H35N5O4/c1-30(2)38-26-23(17-36)37-29(27(26)39-30)35-18-33-25-22(31)16-24(34-28(25)35)32-15-14-21-12-10-20(11-13-21)9-8-19-6-4-3-5-7-19/h3-7,10-13,16,18,23,26-27,29,36H,8-9,14-15,17H2,1-2H3,(H3,31,32,34)/t23-,26-,27-,29-/m1/s1. The Morgan fingerprint density at radius 1 is 0.949 bits per heavy atom. The van der Waals surface area contributed by atoms with Crippen molar-refractivity contribution in [1.82, 2.24) is 14.5 Å². The van der Waals surface area contributed by atoms with Gasteiger partial charge in [0.25, 0.3) is 0 Å². The highest BCUT2D eigenvalue weighted by atomic mass is 16.8. The van der Waals surface area contributed by atoms with E-state index in [4.69, 9.17) is 24.9 Å². The Morgan fingerprint density at radius 3 is 2.33 bits per heavy atom. The predicted octanol–water partition coefficient (Wildman–Crippen LogP) is 3.86. The molecule has 0 spiro atoms. The molecule has 0 radical (unpaired) electrons. The third-order valence-electron chi connectivity index (χ3n) is 7.43. The number of nitrogens with zero attached hydrogens (tertiary/aromatic N) is 3. The van der Waals surface area contributed by atoms with Crippen LogP contribution in [0.4, 0.5) is 11.5 Å². The Labute approximate surface area is 227 Å². The van der Waals surface area contributed by atoms with Crippen molar-refractivity contribution in [3.05, 3.63) is 83.7 Å². The van der Waals surface area contributed by atoms with Crippen molar-refractivity contribution in [1.29, 1.82) is 0 Å². The van der Waals surface area contributed by atoms with Crippen LogP contribution >= 0.6 is 0 Å². The summed E-state index contributed by atoms with van der Waals surface area (Å²) in [5.74, 6) is -0.0983. The Bertz CT molecular complexity index is 1420. The fraction of sp³-hybridized carbons (Fsp3) is 0.400. The molecule has 2 fully saturated rings. The molecule has 0 bridgehead atoms. The number of rotatable bonds is 9. The summed E-state index contributed by atoms with van der Waals surface area (Å²) in [6.07, 6.45) is 2.77. The minimum absolute atomic E-state index is 0.167. The van der Waals surface area contributed by atoms with Crippen molar-refractivity contribution in [3.63, 3.8) is 0 Å². The van der Waals surface area contributed by atoms with Crippen LogP contribution in [-0.2, 0) is 33.5 Å². The molecule has 4 heterocycles. The van der Waals surface area contributed by atoms with Gasteiger partial charge in [-0.15, -0.1) is 0 Å². The Kier molecular flexibility index (Phi) is 6.99. The fourth-order valence-corrected chi connectivity index (χ4v) is 5.48. The molecule has 204 valence electrons. The zero-order valence-corrected chi connectivity index (χ0v) is 22.3. The number of hydrogen-bond acceptors (Lipinski definition) is 8. The van der Waals surface area contributed by atoms with Gasteiger partial charge in [0.2, 0.25) is 0 Å². The summed E-state index contributed by atoms with van der Waals surface area (Å²) in [4.78, 5) is 9.30. The zero-order chi connectivity index (χ0) is 27.0. The van der Waals surface area contributed by atoms with E-state index in [-0.39, 0.29) is 12.7 Å². The van der Waals surface area contributed by atoms with Crippen molar-refractivity contribution in [2.24, 2.45) is 0 Å². The summed E-state index contributed by atoms with van der Waals surface area (Å²) in [6.45, 7) is 4.26. The highest BCUT2D eigenvalue weighted by Gasteiger charge is 2.56. The molecule has 4 aromatic rings. The lowest BCUT2D eigenvalue weighted by Gasteiger charge is -2.24. The Hall–Kier alpha value is -3.50. The molecule has 2 aromatic heterocycles. The molecule has 4 N–H and O–H groups in total. The van der Waals surface area contributed by atoms with Gasteiger partial charge < -0.3 is 30.4 Å². The van der Waals surface area contributed by atoms with Gasteiger partial charge in [-0.1, -0.05) is 54.6 Å². The second kappa shape index (κ2) is 10.6. The molecule has 6 rings (SSSR count). The van der Waals surface area contributed by atoms with Crippen LogP contribution in [0.1, 0.15) is 36.8 Å². The molecule has 39 heavy (non-hydrogen) atoms. The molecule has 0 unspecified atom stereocenters. The molecule has 9 nitrogen and oxygen atoms in total. The Morgan fingerprint density at radius 2 is 1.62 bits per heavy atom. The van der Waals surface area contributed by atoms with Crippen LogP contribution in [0.3, 0.4) is 0 Å². The summed E-state index contributed by atoms with van der Waals surface area (Å²) in [7, 11) is 0. The second-order valence-corrected chi connectivity index (χ2v) is 10.7. The van der Waals surface area contributed by atoms with E-state index in [0.717, 1.165) is 19.3 Å². The SMILES string of the molecule is CC1(C)O[C@@H]2[C@H](O1)[C@@H](CO)O[C@H]2n1cnc2c(N)cc(NCCc3ccc(CCc4ccccc4)cc3)nc21. The van der Waals surface area contributed by atoms with Crippen LogP contribution in [-0.4, -0.2) is 56.9 Å². The molecule has 2 aromatic carbocycles. The maximum absolute atomic E-state index is 9.85. The fourth-order valence-electron chi connectivity index (χ4n) is 5.48. The number of nitrogens with two attached hydrogens (primary N) is 1. The molecule has 2 aliphatic rings. The van der Waals surface area contributed by atoms with E-state index in [9.17, 15) is 5.11 Å². The number of pyridine rings is 1. The van der Waals surface area contributed by atoms with Crippen LogP contribution in [0, 0.1) is 0 Å². The number of anilines is 2. The third kappa shape index (κ3) is 5.35. The van der Waals surface area contributed by atoms with Gasteiger partial charge in [-0.25, -0.2) is 9.97 Å². The van der Waals surface area contributed by atoms with Crippen molar-refractivity contribution >= 4 is 22.7 Å². The minimum Gasteiger partial charge on any atom is -0.397 e. The van der Waals surface area contributed by atoms with Gasteiger partial charge in [-0.2, -0.15) is 0 Å². The number of imidazole rings is 1. The Balaban J connectivity index is 1.11. The highest BCUT2D eigenvalue weighted by Crippen LogP contribution is 2.43. The number of aliphatic hydroxyl groups excluding tert-OH is 1. The van der Waals surface area contributed by atoms with E-state index in [1.54, 1.807) is 12.4 Å². The monoisotopic (exact) mass is 529 g/mol. The summed E-state index contributed by atoms with van der Waals surface area (Å²) in [6, 6.07) is 21.2. The quantitative estimate of drug-likeness (QED) is 0.299. The number of ether oxygens (including phenoxy) is 3. The predicted molar refractivity (Wildman–Crippen MR) is 149 cm³/mol. The van der Waals surface area contributed by atoms with Crippen LogP contribution in [0.25, 0.3) is 11.2 Å². The lowest BCUT2D eigenvalue weighted by molar-refractivity contribution is -0.199. The topological polar surface area (TPSA) is 117 Å². The molecule has 4 atom stereocenters. The van der Waals surface area contributed by atoms with Gasteiger partial charge in [0.1, 0.15) is 29.6 Å². The van der Waals surface area contributed by atoms with Gasteiger partial charge >= 0.3 is 0 Å². The van der Waals surface area contributed by atoms with E-state index in [1.165, 1.54) is 16.7 Å². The molecule has 2 saturated heterocycles. The molecule has 2 aliphatic heterocycles. The third-order valence-corrected chi connectivity index (χ3v) is 7.43. The average molecular weight is 530 g/mol. The maximum Gasteiger partial charge on any atom is 0.166 e. The smallest absolute Gasteiger partial charge is 0.166 e. The molecular weight excluding hydrogens is 494 g/mol. The zero-order valence-electron chi connectivity index (χ0n) is 22.3. The maximum atomic E-state index is 9.85. The first-order chi connectivity index (χ1) is 18.9. The normalized spacial score (nSPS) is 23.8. The van der Waals surface area contributed by atoms with E-state index < -0.39 is 24.2 Å². The summed E-state index contributed by atoms with van der Waals surface area (Å²) in [5.41, 5.74) is 12.0. The van der Waals surface area contributed by atoms with E-state index in [0.29, 0.717) is 29.2 Å². The second-order valence-electron chi connectivity index (χ2n) is 10.7. The van der Waals surface area contributed by atoms with Crippen molar-refractivity contribution in [2.45, 2.75) is 63.4 Å². The van der Waals surface area contributed by atoms with Gasteiger partial charge in [0.05, 0.1) is 18.6 Å². The lowest BCUT2D eigenvalue weighted by Crippen LogP contribution is -2.31. The number of benzene rings is 2. The molecular formula is C30H35N5O4. The van der Waals surface area contributed by atoms with Crippen molar-refractivity contribution in [2.75, 3.05) is 24.2 Å². The van der Waals surface area contributed by atoms with Gasteiger partial charge in [-0.3, -0.25) is 4.57 Å². The van der Waals surface area contributed by atoms with Crippen LogP contribution in [0.5, 0.6) is 0 Å². The van der Waals surface area contributed by atoms with Crippen molar-refractivity contribution < 1.29 is 19.3 Å². The minimum atomic E-state index is -0.763. The number of hydrogen-bond donors (Lipinski definition) is 3. The number of aryl methyl sites for hydroxylation is 2. The average Bonchev–Trinajstić information content (AvgIpc) is 3.59. The van der Waals surface area contributed by atoms with Crippen molar-refractivity contribution in [3.8, 4) is 0 Å². The number of nitrogens with one attached hydrogen (secondary N) is 1. The van der Waals surface area contributed by atoms with Crippen LogP contribution in [0.15, 0.2) is 67.0 Å².